The number of benzene rings is 1. The van der Waals surface area contributed by atoms with Gasteiger partial charge in [-0.05, 0) is 60.1 Å². The molecule has 0 bridgehead atoms. The van der Waals surface area contributed by atoms with Gasteiger partial charge >= 0.3 is 11.9 Å². The van der Waals surface area contributed by atoms with Gasteiger partial charge in [0.05, 0.1) is 17.8 Å². The number of aryl methyl sites for hydroxylation is 1. The molecule has 0 amide bonds. The zero-order valence-corrected chi connectivity index (χ0v) is 16.7. The van der Waals surface area contributed by atoms with Gasteiger partial charge < -0.3 is 18.9 Å². The smallest absolute Gasteiger partial charge is 0.347 e. The van der Waals surface area contributed by atoms with Crippen LogP contribution < -0.4 is 9.47 Å². The van der Waals surface area contributed by atoms with Crippen LogP contribution in [0.5, 0.6) is 11.5 Å². The first-order valence-corrected chi connectivity index (χ1v) is 8.74. The predicted molar refractivity (Wildman–Crippen MR) is 97.3 cm³/mol. The average molecular weight is 450 g/mol. The minimum atomic E-state index is -0.694. The molecule has 0 unspecified atom stereocenters. The molecule has 1 aromatic carbocycles. The molecule has 0 aliphatic heterocycles. The van der Waals surface area contributed by atoms with Crippen LogP contribution in [0.25, 0.3) is 0 Å². The summed E-state index contributed by atoms with van der Waals surface area (Å²) >= 11 is 2.07. The first-order valence-electron chi connectivity index (χ1n) is 7.66. The average Bonchev–Trinajstić information content (AvgIpc) is 2.59. The fraction of sp³-hybridized carbons (Fsp3) is 0.529. The molecule has 0 saturated carbocycles. The third kappa shape index (κ3) is 5.25. The second kappa shape index (κ2) is 9.71. The van der Waals surface area contributed by atoms with Crippen LogP contribution in [0.4, 0.5) is 0 Å². The van der Waals surface area contributed by atoms with Crippen LogP contribution in [0.1, 0.15) is 32.3 Å². The topological polar surface area (TPSA) is 71.1 Å². The number of ether oxygens (including phenoxy) is 4. The van der Waals surface area contributed by atoms with E-state index in [1.54, 1.807) is 0 Å². The highest BCUT2D eigenvalue weighted by Gasteiger charge is 2.24. The molecule has 0 radical (unpaired) electrons. The van der Waals surface area contributed by atoms with Crippen LogP contribution in [-0.2, 0) is 19.1 Å². The van der Waals surface area contributed by atoms with Crippen molar-refractivity contribution >= 4 is 34.5 Å². The molecule has 0 heterocycles. The molecule has 1 rings (SSSR count). The van der Waals surface area contributed by atoms with Gasteiger partial charge in [0, 0.05) is 0 Å². The van der Waals surface area contributed by atoms with Crippen molar-refractivity contribution in [3.8, 4) is 11.5 Å². The van der Waals surface area contributed by atoms with Crippen LogP contribution in [0.2, 0.25) is 0 Å². The molecule has 2 atom stereocenters. The van der Waals surface area contributed by atoms with Gasteiger partial charge in [-0.25, -0.2) is 9.59 Å². The Morgan fingerprint density at radius 1 is 0.958 bits per heavy atom. The van der Waals surface area contributed by atoms with Crippen LogP contribution in [0.3, 0.4) is 0 Å². The Kier molecular flexibility index (Phi) is 8.30. The Morgan fingerprint density at radius 3 is 1.62 bits per heavy atom. The summed E-state index contributed by atoms with van der Waals surface area (Å²) in [6.07, 6.45) is -0.430. The standard InChI is InChI=1S/C17H23IO6/c1-6-11(16(19)21-4)23-13-8-10(3)9-14(15(13)18)24-12(7-2)17(20)22-5/h8-9,11-12H,6-7H2,1-5H3/t11-,12-/m1/s1. The lowest BCUT2D eigenvalue weighted by Gasteiger charge is -2.20. The molecule has 1 aromatic rings. The molecule has 0 N–H and O–H groups in total. The van der Waals surface area contributed by atoms with E-state index in [0.29, 0.717) is 27.9 Å². The fourth-order valence-electron chi connectivity index (χ4n) is 2.04. The van der Waals surface area contributed by atoms with Crippen LogP contribution >= 0.6 is 22.6 Å². The predicted octanol–water partition coefficient (Wildman–Crippen LogP) is 3.26. The van der Waals surface area contributed by atoms with Gasteiger partial charge in [-0.2, -0.15) is 0 Å². The first-order chi connectivity index (χ1) is 11.4. The van der Waals surface area contributed by atoms with E-state index in [1.807, 2.05) is 32.9 Å². The van der Waals surface area contributed by atoms with Crippen molar-refractivity contribution in [3.63, 3.8) is 0 Å². The Labute approximate surface area is 155 Å². The molecule has 134 valence electrons. The van der Waals surface area contributed by atoms with Crippen molar-refractivity contribution in [2.75, 3.05) is 14.2 Å². The SMILES string of the molecule is CC[C@@H](Oc1cc(C)cc(O[C@H](CC)C(=O)OC)c1I)C(=O)OC. The van der Waals surface area contributed by atoms with E-state index in [1.165, 1.54) is 14.2 Å². The summed E-state index contributed by atoms with van der Waals surface area (Å²) in [5.41, 5.74) is 0.889. The lowest BCUT2D eigenvalue weighted by Crippen LogP contribution is -2.29. The summed E-state index contributed by atoms with van der Waals surface area (Å²) in [5, 5.41) is 0. The maximum atomic E-state index is 11.7. The Balaban J connectivity index is 3.11. The molecular weight excluding hydrogens is 427 g/mol. The largest absolute Gasteiger partial charge is 0.477 e. The Bertz CT molecular complexity index is 539. The quantitative estimate of drug-likeness (QED) is 0.448. The molecule has 7 heteroatoms. The Hall–Kier alpha value is -1.51. The molecule has 0 aliphatic carbocycles. The first kappa shape index (κ1) is 20.5. The lowest BCUT2D eigenvalue weighted by molar-refractivity contribution is -0.149. The Morgan fingerprint density at radius 2 is 1.33 bits per heavy atom. The van der Waals surface area contributed by atoms with Gasteiger partial charge in [-0.15, -0.1) is 0 Å². The highest BCUT2D eigenvalue weighted by Crippen LogP contribution is 2.34. The highest BCUT2D eigenvalue weighted by atomic mass is 127. The van der Waals surface area contributed by atoms with Gasteiger partial charge in [0.2, 0.25) is 0 Å². The van der Waals surface area contributed by atoms with Gasteiger partial charge in [-0.1, -0.05) is 13.8 Å². The molecule has 6 nitrogen and oxygen atoms in total. The number of rotatable bonds is 8. The number of hydrogen-bond donors (Lipinski definition) is 0. The molecular formula is C17H23IO6. The molecule has 0 fully saturated rings. The van der Waals surface area contributed by atoms with E-state index in [-0.39, 0.29) is 0 Å². The zero-order valence-electron chi connectivity index (χ0n) is 14.6. The normalized spacial score (nSPS) is 12.9. The van der Waals surface area contributed by atoms with E-state index in [2.05, 4.69) is 22.6 Å². The lowest BCUT2D eigenvalue weighted by atomic mass is 10.2. The number of carbonyl (C=O) groups is 2. The molecule has 0 aliphatic rings. The summed E-state index contributed by atoms with van der Waals surface area (Å²) in [5.74, 6) is 0.168. The number of carbonyl (C=O) groups excluding carboxylic acids is 2. The molecule has 0 spiro atoms. The zero-order chi connectivity index (χ0) is 18.3. The third-order valence-corrected chi connectivity index (χ3v) is 4.42. The van der Waals surface area contributed by atoms with E-state index in [0.717, 1.165) is 5.56 Å². The van der Waals surface area contributed by atoms with Crippen molar-refractivity contribution in [1.82, 2.24) is 0 Å². The van der Waals surface area contributed by atoms with Crippen molar-refractivity contribution in [2.45, 2.75) is 45.8 Å². The summed E-state index contributed by atoms with van der Waals surface area (Å²) < 4.78 is 21.8. The monoisotopic (exact) mass is 450 g/mol. The minimum Gasteiger partial charge on any atom is -0.477 e. The summed E-state index contributed by atoms with van der Waals surface area (Å²) in [6, 6.07) is 3.64. The third-order valence-electron chi connectivity index (χ3n) is 3.36. The van der Waals surface area contributed by atoms with Crippen LogP contribution in [0, 0.1) is 10.5 Å². The van der Waals surface area contributed by atoms with E-state index in [9.17, 15) is 9.59 Å². The van der Waals surface area contributed by atoms with E-state index in [4.69, 9.17) is 18.9 Å². The van der Waals surface area contributed by atoms with Crippen LogP contribution in [-0.4, -0.2) is 38.4 Å². The highest BCUT2D eigenvalue weighted by molar-refractivity contribution is 14.1. The number of halogens is 1. The van der Waals surface area contributed by atoms with Gasteiger partial charge in [0.25, 0.3) is 0 Å². The van der Waals surface area contributed by atoms with Crippen molar-refractivity contribution < 1.29 is 28.5 Å². The maximum absolute atomic E-state index is 11.7. The summed E-state index contributed by atoms with van der Waals surface area (Å²) in [6.45, 7) is 5.56. The van der Waals surface area contributed by atoms with Crippen LogP contribution in [0.15, 0.2) is 12.1 Å². The van der Waals surface area contributed by atoms with Gasteiger partial charge in [-0.3, -0.25) is 0 Å². The maximum Gasteiger partial charge on any atom is 0.347 e. The van der Waals surface area contributed by atoms with E-state index < -0.39 is 24.1 Å². The van der Waals surface area contributed by atoms with E-state index >= 15 is 0 Å². The minimum absolute atomic E-state index is 0.432. The molecule has 24 heavy (non-hydrogen) atoms. The second-order valence-corrected chi connectivity index (χ2v) is 6.23. The van der Waals surface area contributed by atoms with Gasteiger partial charge in [0.15, 0.2) is 12.2 Å². The second-order valence-electron chi connectivity index (χ2n) is 5.15. The molecule has 0 saturated heterocycles. The number of esters is 2. The molecule has 0 aromatic heterocycles. The van der Waals surface area contributed by atoms with Crippen molar-refractivity contribution in [3.05, 3.63) is 21.3 Å². The van der Waals surface area contributed by atoms with Crippen molar-refractivity contribution in [1.29, 1.82) is 0 Å². The summed E-state index contributed by atoms with van der Waals surface area (Å²) in [4.78, 5) is 23.5. The fourth-order valence-corrected chi connectivity index (χ4v) is 2.61. The van der Waals surface area contributed by atoms with Gasteiger partial charge in [0.1, 0.15) is 11.5 Å². The number of methoxy groups -OCH3 is 2. The number of hydrogen-bond acceptors (Lipinski definition) is 6. The van der Waals surface area contributed by atoms with Crippen molar-refractivity contribution in [2.24, 2.45) is 0 Å². The summed E-state index contributed by atoms with van der Waals surface area (Å²) in [7, 11) is 2.65.